The largest absolute Gasteiger partial charge is 0.368 e. The van der Waals surface area contributed by atoms with E-state index in [2.05, 4.69) is 27.0 Å². The van der Waals surface area contributed by atoms with Crippen molar-refractivity contribution in [1.82, 2.24) is 15.1 Å². The summed E-state index contributed by atoms with van der Waals surface area (Å²) >= 11 is 0. The number of aliphatic imine (C=N–C) groups is 1. The second-order valence-electron chi connectivity index (χ2n) is 7.47. The molecular formula is C21H32FN5O. The number of hydrogen-bond acceptors (Lipinski definition) is 3. The van der Waals surface area contributed by atoms with E-state index in [0.717, 1.165) is 70.2 Å². The van der Waals surface area contributed by atoms with E-state index in [1.54, 1.807) is 0 Å². The molecule has 2 saturated heterocycles. The van der Waals surface area contributed by atoms with Crippen molar-refractivity contribution in [3.63, 3.8) is 0 Å². The van der Waals surface area contributed by atoms with E-state index in [9.17, 15) is 9.18 Å². The predicted molar refractivity (Wildman–Crippen MR) is 111 cm³/mol. The maximum atomic E-state index is 13.1. The zero-order valence-electron chi connectivity index (χ0n) is 17.0. The molecule has 1 aromatic carbocycles. The van der Waals surface area contributed by atoms with Crippen LogP contribution in [0.4, 0.5) is 10.1 Å². The van der Waals surface area contributed by atoms with Crippen LogP contribution in [0, 0.1) is 5.82 Å². The highest BCUT2D eigenvalue weighted by Crippen LogP contribution is 2.18. The van der Waals surface area contributed by atoms with E-state index in [0.29, 0.717) is 18.4 Å². The standard InChI is InChI=1S/C21H32FN5O/c1-3-18(27-12-4-5-20(27)28)10-11-24-21(23-2)26-15-13-25(14-16-26)19-8-6-17(22)7-9-19/h6-9,18H,3-5,10-16H2,1-2H3,(H,23,24). The fraction of sp³-hybridized carbons (Fsp3) is 0.619. The molecule has 2 heterocycles. The van der Waals surface area contributed by atoms with E-state index >= 15 is 0 Å². The number of benzene rings is 1. The van der Waals surface area contributed by atoms with Gasteiger partial charge < -0.3 is 20.0 Å². The molecule has 2 aliphatic heterocycles. The molecule has 1 amide bonds. The van der Waals surface area contributed by atoms with Crippen molar-refractivity contribution in [1.29, 1.82) is 0 Å². The van der Waals surface area contributed by atoms with E-state index in [1.807, 2.05) is 24.1 Å². The van der Waals surface area contributed by atoms with Crippen LogP contribution in [-0.2, 0) is 4.79 Å². The summed E-state index contributed by atoms with van der Waals surface area (Å²) in [5, 5.41) is 3.47. The lowest BCUT2D eigenvalue weighted by Gasteiger charge is -2.38. The van der Waals surface area contributed by atoms with E-state index in [1.165, 1.54) is 12.1 Å². The number of nitrogens with one attached hydrogen (secondary N) is 1. The Kier molecular flexibility index (Phi) is 7.12. The summed E-state index contributed by atoms with van der Waals surface area (Å²) < 4.78 is 13.1. The number of rotatable bonds is 6. The van der Waals surface area contributed by atoms with Gasteiger partial charge in [0.25, 0.3) is 0 Å². The maximum absolute atomic E-state index is 13.1. The van der Waals surface area contributed by atoms with Gasteiger partial charge in [-0.15, -0.1) is 0 Å². The second-order valence-corrected chi connectivity index (χ2v) is 7.47. The predicted octanol–water partition coefficient (Wildman–Crippen LogP) is 2.31. The lowest BCUT2D eigenvalue weighted by molar-refractivity contribution is -0.129. The molecule has 0 aliphatic carbocycles. The van der Waals surface area contributed by atoms with Gasteiger partial charge >= 0.3 is 0 Å². The minimum absolute atomic E-state index is 0.201. The Hall–Kier alpha value is -2.31. The van der Waals surface area contributed by atoms with Crippen LogP contribution in [0.15, 0.2) is 29.3 Å². The molecule has 0 bridgehead atoms. The Morgan fingerprint density at radius 2 is 1.89 bits per heavy atom. The molecule has 2 aliphatic rings. The van der Waals surface area contributed by atoms with Crippen molar-refractivity contribution in [2.45, 2.75) is 38.6 Å². The number of carbonyl (C=O) groups excluding carboxylic acids is 1. The lowest BCUT2D eigenvalue weighted by atomic mass is 10.1. The van der Waals surface area contributed by atoms with E-state index in [4.69, 9.17) is 0 Å². The van der Waals surface area contributed by atoms with Crippen LogP contribution in [0.25, 0.3) is 0 Å². The number of amides is 1. The van der Waals surface area contributed by atoms with Gasteiger partial charge in [0.15, 0.2) is 5.96 Å². The van der Waals surface area contributed by atoms with Crippen molar-refractivity contribution >= 4 is 17.6 Å². The minimum Gasteiger partial charge on any atom is -0.368 e. The SMILES string of the molecule is CCC(CCNC(=NC)N1CCN(c2ccc(F)cc2)CC1)N1CCCC1=O. The number of piperazine rings is 1. The molecule has 0 spiro atoms. The van der Waals surface area contributed by atoms with Crippen molar-refractivity contribution < 1.29 is 9.18 Å². The molecule has 154 valence electrons. The van der Waals surface area contributed by atoms with E-state index < -0.39 is 0 Å². The zero-order valence-corrected chi connectivity index (χ0v) is 17.0. The van der Waals surface area contributed by atoms with Gasteiger partial charge in [0.05, 0.1) is 0 Å². The van der Waals surface area contributed by atoms with Crippen molar-refractivity contribution in [2.75, 3.05) is 51.2 Å². The topological polar surface area (TPSA) is 51.2 Å². The summed E-state index contributed by atoms with van der Waals surface area (Å²) in [4.78, 5) is 23.0. The molecule has 6 nitrogen and oxygen atoms in total. The minimum atomic E-state index is -0.201. The monoisotopic (exact) mass is 389 g/mol. The average Bonchev–Trinajstić information content (AvgIpc) is 3.15. The number of carbonyl (C=O) groups is 1. The number of guanidine groups is 1. The molecule has 1 unspecified atom stereocenters. The van der Waals surface area contributed by atoms with Crippen molar-refractivity contribution in [3.8, 4) is 0 Å². The molecule has 0 aromatic heterocycles. The highest BCUT2D eigenvalue weighted by molar-refractivity contribution is 5.80. The molecule has 3 rings (SSSR count). The second kappa shape index (κ2) is 9.75. The summed E-state index contributed by atoms with van der Waals surface area (Å²) in [6, 6.07) is 7.01. The van der Waals surface area contributed by atoms with Crippen LogP contribution in [0.5, 0.6) is 0 Å². The first kappa shape index (κ1) is 20.4. The van der Waals surface area contributed by atoms with Crippen molar-refractivity contribution in [3.05, 3.63) is 30.1 Å². The molecule has 0 saturated carbocycles. The van der Waals surface area contributed by atoms with Crippen molar-refractivity contribution in [2.24, 2.45) is 4.99 Å². The van der Waals surface area contributed by atoms with Gasteiger partial charge in [-0.3, -0.25) is 9.79 Å². The van der Waals surface area contributed by atoms with Gasteiger partial charge in [-0.05, 0) is 43.5 Å². The number of hydrogen-bond donors (Lipinski definition) is 1. The highest BCUT2D eigenvalue weighted by Gasteiger charge is 2.26. The highest BCUT2D eigenvalue weighted by atomic mass is 19.1. The van der Waals surface area contributed by atoms with Gasteiger partial charge in [0.1, 0.15) is 5.82 Å². The van der Waals surface area contributed by atoms with Gasteiger partial charge in [0.2, 0.25) is 5.91 Å². The molecule has 1 atom stereocenters. The van der Waals surface area contributed by atoms with Gasteiger partial charge in [-0.25, -0.2) is 4.39 Å². The first-order valence-corrected chi connectivity index (χ1v) is 10.4. The Balaban J connectivity index is 1.45. The van der Waals surface area contributed by atoms with E-state index in [-0.39, 0.29) is 5.82 Å². The van der Waals surface area contributed by atoms with Gasteiger partial charge in [-0.2, -0.15) is 0 Å². The molecule has 1 N–H and O–H groups in total. The summed E-state index contributed by atoms with van der Waals surface area (Å²) in [5.41, 5.74) is 1.06. The number of halogens is 1. The molecular weight excluding hydrogens is 357 g/mol. The maximum Gasteiger partial charge on any atom is 0.222 e. The zero-order chi connectivity index (χ0) is 19.9. The quantitative estimate of drug-likeness (QED) is 0.599. The first-order chi connectivity index (χ1) is 13.6. The Morgan fingerprint density at radius 3 is 2.46 bits per heavy atom. The van der Waals surface area contributed by atoms with Crippen LogP contribution in [0.3, 0.4) is 0 Å². The molecule has 0 radical (unpaired) electrons. The fourth-order valence-corrected chi connectivity index (χ4v) is 4.15. The third kappa shape index (κ3) is 4.94. The summed E-state index contributed by atoms with van der Waals surface area (Å²) in [6.07, 6.45) is 3.62. The van der Waals surface area contributed by atoms with Crippen LogP contribution in [-0.4, -0.2) is 74.0 Å². The Labute approximate surface area is 167 Å². The molecule has 28 heavy (non-hydrogen) atoms. The number of nitrogens with zero attached hydrogens (tertiary/aromatic N) is 4. The first-order valence-electron chi connectivity index (χ1n) is 10.4. The van der Waals surface area contributed by atoms with Crippen LogP contribution >= 0.6 is 0 Å². The number of likely N-dealkylation sites (tertiary alicyclic amines) is 1. The third-order valence-corrected chi connectivity index (χ3v) is 5.77. The lowest BCUT2D eigenvalue weighted by Crippen LogP contribution is -2.53. The molecule has 1 aromatic rings. The summed E-state index contributed by atoms with van der Waals surface area (Å²) in [7, 11) is 1.82. The fourth-order valence-electron chi connectivity index (χ4n) is 4.15. The van der Waals surface area contributed by atoms with Gasteiger partial charge in [-0.1, -0.05) is 6.92 Å². The smallest absolute Gasteiger partial charge is 0.222 e. The van der Waals surface area contributed by atoms with Crippen LogP contribution in [0.2, 0.25) is 0 Å². The van der Waals surface area contributed by atoms with Crippen LogP contribution < -0.4 is 10.2 Å². The average molecular weight is 390 g/mol. The molecule has 7 heteroatoms. The van der Waals surface area contributed by atoms with Gasteiger partial charge in [0, 0.05) is 64.5 Å². The third-order valence-electron chi connectivity index (χ3n) is 5.77. The summed E-state index contributed by atoms with van der Waals surface area (Å²) in [5.74, 6) is 1.02. The Morgan fingerprint density at radius 1 is 1.18 bits per heavy atom. The molecule has 2 fully saturated rings. The van der Waals surface area contributed by atoms with Crippen LogP contribution in [0.1, 0.15) is 32.6 Å². The number of anilines is 1. The normalized spacial score (nSPS) is 19.3. The Bertz CT molecular complexity index is 670. The summed E-state index contributed by atoms with van der Waals surface area (Å²) in [6.45, 7) is 7.38.